The molecular formula is C31H30N4O14S5. The zero-order valence-corrected chi connectivity index (χ0v) is 32.3. The van der Waals surface area contributed by atoms with Gasteiger partial charge in [0.1, 0.15) is 44.1 Å². The van der Waals surface area contributed by atoms with E-state index in [1.807, 2.05) is 11.0 Å². The van der Waals surface area contributed by atoms with Crippen LogP contribution in [0.2, 0.25) is 0 Å². The molecule has 23 heteroatoms. The second kappa shape index (κ2) is 16.4. The quantitative estimate of drug-likeness (QED) is 0.131. The van der Waals surface area contributed by atoms with Gasteiger partial charge >= 0.3 is 17.9 Å². The van der Waals surface area contributed by atoms with E-state index in [2.05, 4.69) is 0 Å². The van der Waals surface area contributed by atoms with E-state index in [9.17, 15) is 56.7 Å². The van der Waals surface area contributed by atoms with Crippen molar-refractivity contribution in [3.63, 3.8) is 0 Å². The molecule has 4 heterocycles. The van der Waals surface area contributed by atoms with Gasteiger partial charge in [-0.3, -0.25) is 52.1 Å². The van der Waals surface area contributed by atoms with Crippen LogP contribution < -0.4 is 30.0 Å². The van der Waals surface area contributed by atoms with Gasteiger partial charge in [0.2, 0.25) is 0 Å². The normalized spacial score (nSPS) is 17.4. The topological polar surface area (TPSA) is 260 Å². The lowest BCUT2D eigenvalue weighted by atomic mass is 10.2. The molecule has 2 aliphatic heterocycles. The Balaban J connectivity index is 1.77. The number of benzene rings is 1. The number of carbonyl (C=O) groups is 5. The molecule has 2 aliphatic rings. The number of hydrogen-bond donors (Lipinski definition) is 4. The number of nitrogens with zero attached hydrogens (tertiary/aromatic N) is 4. The molecule has 5 rings (SSSR count). The summed E-state index contributed by atoms with van der Waals surface area (Å²) in [7, 11) is -2.68. The van der Waals surface area contributed by atoms with Gasteiger partial charge in [-0.25, -0.2) is 0 Å². The average molecular weight is 843 g/mol. The number of methoxy groups -OCH3 is 1. The third-order valence-corrected chi connectivity index (χ3v) is 13.4. The smallest absolute Gasteiger partial charge is 0.323 e. The molecule has 0 spiro atoms. The van der Waals surface area contributed by atoms with E-state index in [4.69, 9.17) is 9.84 Å². The molecule has 1 saturated heterocycles. The molecule has 288 valence electrons. The minimum Gasteiger partial charge on any atom is -0.497 e. The molecule has 2 amide bonds. The zero-order chi connectivity index (χ0) is 39.6. The molecule has 1 fully saturated rings. The number of rotatable bonds is 14. The second-order valence-corrected chi connectivity index (χ2v) is 17.1. The lowest BCUT2D eigenvalue weighted by molar-refractivity contribution is -0.140. The van der Waals surface area contributed by atoms with E-state index in [1.165, 1.54) is 18.9 Å². The standard InChI is InChI=1S/C31H30N4O14S5/c1-3-15(10-19-32(8-4-5-9-54(46,47)48)17-11-16(49-2)6-7-18(17)50-19)23-26(42)33(12-20(36)37)29(51-23)24-27(43)34(13-21(38)39)30(52-24)25-28(44)35(14-22(40)41)31(45)53-25/h6-7,10-11H,3-5,8-9,12-14H2,1-2H3,(H,36,37)(H,38,39)(H,40,41)(H,46,47,48)/b19-10?,23-15?,29-24+,30-25+. The third-order valence-electron chi connectivity index (χ3n) is 7.83. The Kier molecular flexibility index (Phi) is 12.3. The maximum atomic E-state index is 14.0. The molecule has 0 bridgehead atoms. The van der Waals surface area contributed by atoms with Crippen LogP contribution in [0.1, 0.15) is 26.2 Å². The first kappa shape index (κ1) is 40.5. The molecule has 2 aromatic heterocycles. The number of unbranched alkanes of at least 4 members (excludes halogenated alkanes) is 1. The first-order valence-corrected chi connectivity index (χ1v) is 20.5. The minimum atomic E-state index is -4.18. The van der Waals surface area contributed by atoms with Gasteiger partial charge in [0, 0.05) is 17.5 Å². The van der Waals surface area contributed by atoms with Crippen molar-refractivity contribution in [2.45, 2.75) is 44.2 Å². The SMILES string of the molecule is CCC(C=C1Sc2ccc(OC)cc2N1CCCCS(=O)(=O)O)=c1s/c(=c2/s/c(=C3/SC(=O)N(CC(=O)O)C3=O)n(CC(=O)O)c2=O)n(CC(=O)O)c1=O. The number of carbonyl (C=O) groups excluding carboxylic acids is 2. The summed E-state index contributed by atoms with van der Waals surface area (Å²) in [6.45, 7) is -0.780. The Morgan fingerprint density at radius 3 is 2.09 bits per heavy atom. The van der Waals surface area contributed by atoms with Crippen molar-refractivity contribution in [3.8, 4) is 5.75 Å². The van der Waals surface area contributed by atoms with Crippen LogP contribution in [0.25, 0.3) is 10.5 Å². The van der Waals surface area contributed by atoms with Crippen LogP contribution in [0.3, 0.4) is 0 Å². The van der Waals surface area contributed by atoms with E-state index >= 15 is 0 Å². The Morgan fingerprint density at radius 2 is 1.50 bits per heavy atom. The molecule has 0 saturated carbocycles. The van der Waals surface area contributed by atoms with E-state index in [0.717, 1.165) is 26.5 Å². The number of imide groups is 1. The second-order valence-electron chi connectivity index (χ2n) is 11.5. The van der Waals surface area contributed by atoms with Crippen LogP contribution in [-0.4, -0.2) is 97.3 Å². The predicted molar refractivity (Wildman–Crippen MR) is 199 cm³/mol. The fraction of sp³-hybridized carbons (Fsp3) is 0.323. The molecule has 1 aromatic carbocycles. The highest BCUT2D eigenvalue weighted by Gasteiger charge is 2.38. The third kappa shape index (κ3) is 8.65. The maximum Gasteiger partial charge on any atom is 0.323 e. The van der Waals surface area contributed by atoms with E-state index in [1.54, 1.807) is 25.1 Å². The van der Waals surface area contributed by atoms with Gasteiger partial charge in [-0.15, -0.1) is 22.7 Å². The molecule has 0 unspecified atom stereocenters. The number of allylic oxidation sites excluding steroid dienone is 1. The lowest BCUT2D eigenvalue weighted by Gasteiger charge is -2.21. The summed E-state index contributed by atoms with van der Waals surface area (Å²) in [5.74, 6) is -5.37. The molecular weight excluding hydrogens is 813 g/mol. The van der Waals surface area contributed by atoms with Crippen LogP contribution in [0.15, 0.2) is 43.8 Å². The van der Waals surface area contributed by atoms with Crippen LogP contribution in [0.5, 0.6) is 5.75 Å². The Bertz CT molecular complexity index is 2590. The summed E-state index contributed by atoms with van der Waals surface area (Å²) < 4.78 is 38.1. The molecule has 0 atom stereocenters. The first-order valence-electron chi connectivity index (χ1n) is 15.6. The number of ether oxygens (including phenoxy) is 1. The van der Waals surface area contributed by atoms with Gasteiger partial charge in [0.15, 0.2) is 0 Å². The van der Waals surface area contributed by atoms with Gasteiger partial charge in [0.25, 0.3) is 32.4 Å². The van der Waals surface area contributed by atoms with Crippen LogP contribution in [0.4, 0.5) is 10.5 Å². The van der Waals surface area contributed by atoms with Crippen molar-refractivity contribution in [1.29, 1.82) is 0 Å². The van der Waals surface area contributed by atoms with Gasteiger partial charge in [-0.1, -0.05) is 18.7 Å². The van der Waals surface area contributed by atoms with E-state index in [-0.39, 0.29) is 31.2 Å². The summed E-state index contributed by atoms with van der Waals surface area (Å²) in [6.07, 6.45) is 2.47. The maximum absolute atomic E-state index is 14.0. The lowest BCUT2D eigenvalue weighted by Crippen LogP contribution is -2.35. The summed E-state index contributed by atoms with van der Waals surface area (Å²) in [6, 6.07) is 5.38. The molecule has 0 aliphatic carbocycles. The highest BCUT2D eigenvalue weighted by atomic mass is 32.2. The Labute approximate surface area is 320 Å². The van der Waals surface area contributed by atoms with Gasteiger partial charge in [-0.05, 0) is 54.8 Å². The summed E-state index contributed by atoms with van der Waals surface area (Å²) >= 11 is 3.00. The number of carboxylic acids is 3. The molecule has 54 heavy (non-hydrogen) atoms. The fourth-order valence-electron chi connectivity index (χ4n) is 5.43. The summed E-state index contributed by atoms with van der Waals surface area (Å²) in [5, 5.41) is 28.2. The van der Waals surface area contributed by atoms with Crippen molar-refractivity contribution in [3.05, 3.63) is 68.4 Å². The number of thiazole rings is 2. The fourth-order valence-corrected chi connectivity index (χ4v) is 10.7. The summed E-state index contributed by atoms with van der Waals surface area (Å²) in [5.41, 5.74) is -0.578. The van der Waals surface area contributed by atoms with Crippen LogP contribution >= 0.6 is 46.2 Å². The number of carboxylic acid groups (broad SMARTS) is 3. The van der Waals surface area contributed by atoms with Gasteiger partial charge in [0.05, 0.1) is 28.1 Å². The number of aromatic nitrogens is 2. The Morgan fingerprint density at radius 1 is 0.852 bits per heavy atom. The largest absolute Gasteiger partial charge is 0.497 e. The number of amides is 2. The van der Waals surface area contributed by atoms with Crippen molar-refractivity contribution >= 4 is 102 Å². The van der Waals surface area contributed by atoms with Crippen molar-refractivity contribution in [1.82, 2.24) is 14.0 Å². The molecule has 0 radical (unpaired) electrons. The van der Waals surface area contributed by atoms with Crippen LogP contribution in [0, 0.1) is 9.20 Å². The monoisotopic (exact) mass is 842 g/mol. The minimum absolute atomic E-state index is 0.0580. The number of fused-ring (bicyclic) bond motifs is 1. The predicted octanol–water partition coefficient (Wildman–Crippen LogP) is 1.17. The number of anilines is 1. The highest BCUT2D eigenvalue weighted by Crippen LogP contribution is 2.48. The number of thioether (sulfide) groups is 2. The van der Waals surface area contributed by atoms with E-state index < -0.39 is 80.6 Å². The number of hydrogen-bond acceptors (Lipinski definition) is 15. The molecule has 18 nitrogen and oxygen atoms in total. The number of aliphatic carboxylic acids is 3. The molecule has 3 aromatic rings. The van der Waals surface area contributed by atoms with Crippen molar-refractivity contribution in [2.24, 2.45) is 0 Å². The van der Waals surface area contributed by atoms with Crippen molar-refractivity contribution < 1.29 is 57.0 Å². The van der Waals surface area contributed by atoms with Crippen LogP contribution in [-0.2, 0) is 42.4 Å². The van der Waals surface area contributed by atoms with Crippen molar-refractivity contribution in [2.75, 3.05) is 30.9 Å². The van der Waals surface area contributed by atoms with E-state index in [0.29, 0.717) is 61.9 Å². The van der Waals surface area contributed by atoms with Gasteiger partial charge in [-0.2, -0.15) is 8.42 Å². The summed E-state index contributed by atoms with van der Waals surface area (Å²) in [4.78, 5) is 91.3. The first-order chi connectivity index (χ1) is 25.4. The zero-order valence-electron chi connectivity index (χ0n) is 28.2. The highest BCUT2D eigenvalue weighted by molar-refractivity contribution is 8.23. The average Bonchev–Trinajstić information content (AvgIpc) is 3.78. The molecule has 4 N–H and O–H groups in total. The Hall–Kier alpha value is -4.68. The van der Waals surface area contributed by atoms with Gasteiger partial charge < -0.3 is 25.0 Å².